The molecule has 84 valence electrons. The molecule has 0 aromatic rings. The van der Waals surface area contributed by atoms with Gasteiger partial charge in [-0.2, -0.15) is 0 Å². The molecule has 1 fully saturated rings. The van der Waals surface area contributed by atoms with Gasteiger partial charge in [0, 0.05) is 25.2 Å². The molecule has 1 rings (SSSR count). The van der Waals surface area contributed by atoms with Gasteiger partial charge in [0.05, 0.1) is 12.7 Å². The number of likely N-dealkylation sites (N-methyl/N-ethyl adjacent to an activating group) is 1. The van der Waals surface area contributed by atoms with Gasteiger partial charge in [-0.15, -0.1) is 0 Å². The highest BCUT2D eigenvalue weighted by atomic mass is 16.5. The predicted octanol–water partition coefficient (Wildman–Crippen LogP) is 1.09. The Labute approximate surface area is 87.8 Å². The Hall–Kier alpha value is -0.120. The van der Waals surface area contributed by atoms with Gasteiger partial charge < -0.3 is 10.1 Å². The molecule has 1 saturated heterocycles. The molecular weight excluding hydrogens is 176 g/mol. The Balaban J connectivity index is 2.45. The van der Waals surface area contributed by atoms with Crippen molar-refractivity contribution >= 4 is 0 Å². The molecule has 0 saturated carbocycles. The molecule has 14 heavy (non-hydrogen) atoms. The Morgan fingerprint density at radius 3 is 2.79 bits per heavy atom. The average Bonchev–Trinajstić information content (AvgIpc) is 2.19. The smallest absolute Gasteiger partial charge is 0.0674 e. The van der Waals surface area contributed by atoms with Crippen molar-refractivity contribution in [1.82, 2.24) is 10.2 Å². The lowest BCUT2D eigenvalue weighted by Gasteiger charge is -2.39. The van der Waals surface area contributed by atoms with Crippen LogP contribution in [0.5, 0.6) is 0 Å². The summed E-state index contributed by atoms with van der Waals surface area (Å²) >= 11 is 0. The lowest BCUT2D eigenvalue weighted by atomic mass is 10.1. The van der Waals surface area contributed by atoms with Crippen molar-refractivity contribution in [1.29, 1.82) is 0 Å². The number of rotatable bonds is 4. The van der Waals surface area contributed by atoms with E-state index in [4.69, 9.17) is 4.74 Å². The third kappa shape index (κ3) is 2.94. The molecule has 1 aliphatic rings. The fraction of sp³-hybridized carbons (Fsp3) is 1.00. The fourth-order valence-electron chi connectivity index (χ4n) is 2.26. The van der Waals surface area contributed by atoms with E-state index in [1.165, 1.54) is 6.42 Å². The van der Waals surface area contributed by atoms with Crippen LogP contribution >= 0.6 is 0 Å². The first-order valence-electron chi connectivity index (χ1n) is 5.72. The highest BCUT2D eigenvalue weighted by Crippen LogP contribution is 2.12. The minimum Gasteiger partial charge on any atom is -0.376 e. The zero-order valence-corrected chi connectivity index (χ0v) is 9.92. The lowest BCUT2D eigenvalue weighted by Crippen LogP contribution is -2.52. The maximum absolute atomic E-state index is 5.54. The first-order chi connectivity index (χ1) is 6.69. The molecule has 1 aliphatic heterocycles. The normalized spacial score (nSPS) is 28.7. The van der Waals surface area contributed by atoms with Crippen LogP contribution in [-0.2, 0) is 4.74 Å². The van der Waals surface area contributed by atoms with E-state index in [1.807, 2.05) is 0 Å². The molecule has 3 atom stereocenters. The highest BCUT2D eigenvalue weighted by molar-refractivity contribution is 4.82. The van der Waals surface area contributed by atoms with Crippen LogP contribution < -0.4 is 5.32 Å². The van der Waals surface area contributed by atoms with E-state index >= 15 is 0 Å². The number of nitrogens with zero attached hydrogens (tertiary/aromatic N) is 1. The number of hydrogen-bond acceptors (Lipinski definition) is 3. The van der Waals surface area contributed by atoms with Crippen molar-refractivity contribution in [3.05, 3.63) is 0 Å². The lowest BCUT2D eigenvalue weighted by molar-refractivity contribution is -0.0365. The van der Waals surface area contributed by atoms with E-state index in [0.29, 0.717) is 18.2 Å². The molecule has 0 radical (unpaired) electrons. The molecule has 0 bridgehead atoms. The van der Waals surface area contributed by atoms with Crippen LogP contribution in [0.3, 0.4) is 0 Å². The molecule has 0 spiro atoms. The van der Waals surface area contributed by atoms with Crippen molar-refractivity contribution in [3.63, 3.8) is 0 Å². The second-order valence-electron chi connectivity index (χ2n) is 4.22. The molecule has 0 amide bonds. The Kier molecular flexibility index (Phi) is 4.85. The third-order valence-corrected chi connectivity index (χ3v) is 3.24. The average molecular weight is 200 g/mol. The largest absolute Gasteiger partial charge is 0.376 e. The second-order valence-corrected chi connectivity index (χ2v) is 4.22. The van der Waals surface area contributed by atoms with E-state index in [-0.39, 0.29) is 0 Å². The molecule has 0 aromatic heterocycles. The van der Waals surface area contributed by atoms with E-state index in [1.54, 1.807) is 0 Å². The van der Waals surface area contributed by atoms with Crippen molar-refractivity contribution in [2.45, 2.75) is 45.4 Å². The third-order valence-electron chi connectivity index (χ3n) is 3.24. The van der Waals surface area contributed by atoms with Crippen molar-refractivity contribution in [3.8, 4) is 0 Å². The van der Waals surface area contributed by atoms with Gasteiger partial charge in [-0.1, -0.05) is 6.92 Å². The maximum atomic E-state index is 5.54. The number of ether oxygens (including phenoxy) is 1. The van der Waals surface area contributed by atoms with E-state index in [9.17, 15) is 0 Å². The minimum atomic E-state index is 0.389. The van der Waals surface area contributed by atoms with Crippen LogP contribution in [0.1, 0.15) is 27.2 Å². The fourth-order valence-corrected chi connectivity index (χ4v) is 2.26. The van der Waals surface area contributed by atoms with Gasteiger partial charge in [0.15, 0.2) is 0 Å². The van der Waals surface area contributed by atoms with Gasteiger partial charge in [-0.05, 0) is 27.3 Å². The quantitative estimate of drug-likeness (QED) is 0.735. The van der Waals surface area contributed by atoms with Crippen LogP contribution in [0.2, 0.25) is 0 Å². The summed E-state index contributed by atoms with van der Waals surface area (Å²) in [5.74, 6) is 0. The number of hydrogen-bond donors (Lipinski definition) is 1. The summed E-state index contributed by atoms with van der Waals surface area (Å²) in [6.07, 6.45) is 1.57. The summed E-state index contributed by atoms with van der Waals surface area (Å²) in [5, 5.41) is 3.38. The second kappa shape index (κ2) is 5.69. The van der Waals surface area contributed by atoms with Gasteiger partial charge in [0.1, 0.15) is 0 Å². The first-order valence-corrected chi connectivity index (χ1v) is 5.72. The van der Waals surface area contributed by atoms with Gasteiger partial charge >= 0.3 is 0 Å². The first kappa shape index (κ1) is 12.0. The van der Waals surface area contributed by atoms with E-state index in [2.05, 4.69) is 38.0 Å². The molecule has 1 N–H and O–H groups in total. The molecule has 3 unspecified atom stereocenters. The number of nitrogens with one attached hydrogen (secondary N) is 1. The zero-order valence-electron chi connectivity index (χ0n) is 9.92. The Morgan fingerprint density at radius 2 is 2.29 bits per heavy atom. The predicted molar refractivity (Wildman–Crippen MR) is 59.6 cm³/mol. The molecule has 0 aliphatic carbocycles. The van der Waals surface area contributed by atoms with Gasteiger partial charge in [0.2, 0.25) is 0 Å². The van der Waals surface area contributed by atoms with Crippen molar-refractivity contribution in [2.24, 2.45) is 0 Å². The van der Waals surface area contributed by atoms with Crippen molar-refractivity contribution in [2.75, 3.05) is 26.7 Å². The SMILES string of the molecule is CCC(NC)C(C)N1CCOC(C)C1. The maximum Gasteiger partial charge on any atom is 0.0674 e. The van der Waals surface area contributed by atoms with Crippen LogP contribution in [0, 0.1) is 0 Å². The van der Waals surface area contributed by atoms with Gasteiger partial charge in [-0.25, -0.2) is 0 Å². The van der Waals surface area contributed by atoms with Crippen LogP contribution in [0.25, 0.3) is 0 Å². The summed E-state index contributed by atoms with van der Waals surface area (Å²) in [5.41, 5.74) is 0. The molecule has 1 heterocycles. The van der Waals surface area contributed by atoms with Gasteiger partial charge in [-0.3, -0.25) is 4.90 Å². The zero-order chi connectivity index (χ0) is 10.6. The molecular formula is C11H24N2O. The molecule has 3 nitrogen and oxygen atoms in total. The van der Waals surface area contributed by atoms with Crippen LogP contribution in [0.4, 0.5) is 0 Å². The number of morpholine rings is 1. The molecule has 3 heteroatoms. The van der Waals surface area contributed by atoms with Crippen LogP contribution in [-0.4, -0.2) is 49.8 Å². The summed E-state index contributed by atoms with van der Waals surface area (Å²) in [6.45, 7) is 9.72. The summed E-state index contributed by atoms with van der Waals surface area (Å²) in [4.78, 5) is 2.53. The summed E-state index contributed by atoms with van der Waals surface area (Å²) < 4.78 is 5.54. The highest BCUT2D eigenvalue weighted by Gasteiger charge is 2.25. The topological polar surface area (TPSA) is 24.5 Å². The summed E-state index contributed by atoms with van der Waals surface area (Å²) in [6, 6.07) is 1.21. The van der Waals surface area contributed by atoms with Crippen LogP contribution in [0.15, 0.2) is 0 Å². The molecule has 0 aromatic carbocycles. The standard InChI is InChI=1S/C11H24N2O/c1-5-11(12-4)10(3)13-6-7-14-9(2)8-13/h9-12H,5-8H2,1-4H3. The monoisotopic (exact) mass is 200 g/mol. The van der Waals surface area contributed by atoms with Gasteiger partial charge in [0.25, 0.3) is 0 Å². The van der Waals surface area contributed by atoms with Crippen molar-refractivity contribution < 1.29 is 4.74 Å². The minimum absolute atomic E-state index is 0.389. The summed E-state index contributed by atoms with van der Waals surface area (Å²) in [7, 11) is 2.05. The van der Waals surface area contributed by atoms with E-state index < -0.39 is 0 Å². The van der Waals surface area contributed by atoms with E-state index in [0.717, 1.165) is 19.7 Å². The Bertz CT molecular complexity index is 159. The Morgan fingerprint density at radius 1 is 1.57 bits per heavy atom.